The number of carbonyl (C=O) groups excluding carboxylic acids is 9. The summed E-state index contributed by atoms with van der Waals surface area (Å²) in [5.41, 5.74) is -1.22. The van der Waals surface area contributed by atoms with E-state index in [1.54, 1.807) is 41.5 Å². The van der Waals surface area contributed by atoms with Gasteiger partial charge in [0.1, 0.15) is 55.3 Å². The average molecular weight is 1350 g/mol. The van der Waals surface area contributed by atoms with E-state index in [-0.39, 0.29) is 147 Å². The summed E-state index contributed by atoms with van der Waals surface area (Å²) in [4.78, 5) is 114. The topological polar surface area (TPSA) is 306 Å². The van der Waals surface area contributed by atoms with E-state index < -0.39 is 52.6 Å². The Hall–Kier alpha value is -5.83. The third-order valence-corrected chi connectivity index (χ3v) is 14.1. The maximum absolute atomic E-state index is 13.3. The van der Waals surface area contributed by atoms with E-state index in [4.69, 9.17) is 47.4 Å². The Balaban J connectivity index is 2.22. The Morgan fingerprint density at radius 3 is 1.24 bits per heavy atom. The number of unbranched alkanes of at least 4 members (excludes halogenated alkanes) is 13. The molecule has 0 heterocycles. The van der Waals surface area contributed by atoms with E-state index in [0.717, 1.165) is 57.1 Å². The molecule has 25 nitrogen and oxygen atoms in total. The largest absolute Gasteiger partial charge is 0.461 e. The third kappa shape index (κ3) is 56.0. The van der Waals surface area contributed by atoms with Gasteiger partial charge in [0.15, 0.2) is 0 Å². The van der Waals surface area contributed by atoms with E-state index in [1.165, 1.54) is 38.5 Å². The molecule has 1 aromatic carbocycles. The van der Waals surface area contributed by atoms with Crippen molar-refractivity contribution in [3.63, 3.8) is 0 Å². The second-order valence-corrected chi connectivity index (χ2v) is 27.3. The van der Waals surface area contributed by atoms with E-state index in [1.807, 2.05) is 65.2 Å². The monoisotopic (exact) mass is 1350 g/mol. The highest BCUT2D eigenvalue weighted by molar-refractivity contribution is 5.87. The van der Waals surface area contributed by atoms with Crippen LogP contribution in [0.4, 0.5) is 0 Å². The quantitative estimate of drug-likeness (QED) is 0.0183. The first kappa shape index (κ1) is 87.2. The number of likely N-dealkylation sites (N-methyl/N-ethyl adjacent to an activating group) is 1. The van der Waals surface area contributed by atoms with Crippen LogP contribution in [-0.4, -0.2) is 213 Å². The van der Waals surface area contributed by atoms with Gasteiger partial charge in [0.25, 0.3) is 0 Å². The molecule has 0 saturated heterocycles. The van der Waals surface area contributed by atoms with E-state index in [2.05, 4.69) is 26.6 Å². The molecule has 0 fully saturated rings. The number of nitrogens with one attached hydrogen (secondary N) is 5. The molecule has 2 atom stereocenters. The van der Waals surface area contributed by atoms with E-state index in [9.17, 15) is 43.2 Å². The number of rotatable bonds is 57. The number of ether oxygens (including phenoxy) is 10. The number of nitrogens with zero attached hydrogens (tertiary/aromatic N) is 1. The first-order valence-electron chi connectivity index (χ1n) is 34.6. The molecule has 0 aliphatic rings. The van der Waals surface area contributed by atoms with Gasteiger partial charge >= 0.3 is 23.9 Å². The minimum atomic E-state index is -1.17. The smallest absolute Gasteiger partial charge is 0.329 e. The molecule has 0 aliphatic carbocycles. The highest BCUT2D eigenvalue weighted by atomic mass is 16.6. The predicted molar refractivity (Wildman–Crippen MR) is 360 cm³/mol. The van der Waals surface area contributed by atoms with Gasteiger partial charge in [-0.05, 0) is 93.6 Å². The predicted octanol–water partition coefficient (Wildman–Crippen LogP) is 7.44. The fourth-order valence-corrected chi connectivity index (χ4v) is 9.09. The van der Waals surface area contributed by atoms with Crippen LogP contribution < -0.4 is 26.6 Å². The van der Waals surface area contributed by atoms with Gasteiger partial charge in [-0.3, -0.25) is 33.6 Å². The van der Waals surface area contributed by atoms with Crippen LogP contribution in [0.3, 0.4) is 0 Å². The summed E-state index contributed by atoms with van der Waals surface area (Å²) in [6.45, 7) is 20.7. The second-order valence-electron chi connectivity index (χ2n) is 27.3. The van der Waals surface area contributed by atoms with Crippen LogP contribution in [-0.2, 0) is 97.1 Å². The van der Waals surface area contributed by atoms with Crippen LogP contribution in [0.25, 0.3) is 0 Å². The molecule has 0 bridgehead atoms. The van der Waals surface area contributed by atoms with Crippen molar-refractivity contribution in [1.29, 1.82) is 0 Å². The molecule has 1 aromatic rings. The van der Waals surface area contributed by atoms with Gasteiger partial charge in [0.2, 0.25) is 29.5 Å². The summed E-state index contributed by atoms with van der Waals surface area (Å²) in [7, 11) is 4.09. The molecule has 5 amide bonds. The van der Waals surface area contributed by atoms with Crippen LogP contribution in [0.5, 0.6) is 0 Å². The molecule has 0 saturated carbocycles. The van der Waals surface area contributed by atoms with Crippen molar-refractivity contribution in [3.8, 4) is 0 Å². The SMILES string of the molecule is CC(C)(C)OC(=O)CCCCCCCCCCCCCCCCC(=O)N[C@@H](CCC(=O)N[C@@H](CCC(=O)NCCOCCOCC(=O)NCCOCCOCC(=O)NCC[N+](C)(C)CCOCCOCCC(=O)OCc1ccccc1)C(=O)OC(C)(C)C)C(=O)OC(C)(C)C. The Kier molecular flexibility index (Phi) is 48.0. The van der Waals surface area contributed by atoms with Crippen LogP contribution in [0.15, 0.2) is 30.3 Å². The third-order valence-electron chi connectivity index (χ3n) is 14.1. The molecule has 0 spiro atoms. The molecular formula is C70H123N6O19+. The van der Waals surface area contributed by atoms with Crippen molar-refractivity contribution < 1.29 is 95.0 Å². The minimum absolute atomic E-state index is 0.0717. The molecule has 0 radical (unpaired) electrons. The Morgan fingerprint density at radius 2 is 0.768 bits per heavy atom. The number of amides is 5. The molecule has 0 unspecified atom stereocenters. The minimum Gasteiger partial charge on any atom is -0.461 e. The van der Waals surface area contributed by atoms with Gasteiger partial charge in [0, 0.05) is 38.8 Å². The first-order chi connectivity index (χ1) is 45.0. The lowest BCUT2D eigenvalue weighted by Crippen LogP contribution is -2.47. The number of hydrogen-bond donors (Lipinski definition) is 5. The zero-order chi connectivity index (χ0) is 70.6. The summed E-state index contributed by atoms with van der Waals surface area (Å²) in [5.74, 6) is -3.69. The fourth-order valence-electron chi connectivity index (χ4n) is 9.09. The summed E-state index contributed by atoms with van der Waals surface area (Å²) < 4.78 is 55.3. The van der Waals surface area contributed by atoms with Crippen molar-refractivity contribution in [3.05, 3.63) is 35.9 Å². The molecule has 5 N–H and O–H groups in total. The van der Waals surface area contributed by atoms with E-state index >= 15 is 0 Å². The Labute approximate surface area is 567 Å². The zero-order valence-electron chi connectivity index (χ0n) is 59.8. The van der Waals surface area contributed by atoms with Gasteiger partial charge in [-0.2, -0.15) is 0 Å². The van der Waals surface area contributed by atoms with Gasteiger partial charge in [-0.15, -0.1) is 0 Å². The highest BCUT2D eigenvalue weighted by Gasteiger charge is 2.31. The average Bonchev–Trinajstić information content (AvgIpc) is 3.55. The molecule has 25 heteroatoms. The van der Waals surface area contributed by atoms with Crippen LogP contribution in [0.1, 0.15) is 203 Å². The molecule has 0 aliphatic heterocycles. The lowest BCUT2D eigenvalue weighted by Gasteiger charge is -2.29. The number of carbonyl (C=O) groups is 9. The number of hydrogen-bond acceptors (Lipinski definition) is 19. The standard InChI is InChI=1S/C70H122N6O19/c1-68(2,3)93-65(83)32-28-23-21-19-17-15-13-12-14-16-18-20-22-27-31-60(78)74-58(67(85)95-70(7,8)9)34-36-61(79)75-57(66(84)94-69(4,5)6)33-35-59(77)72-39-44-87-49-52-91-55-63(81)73-40-45-88-50-51-90-54-62(80)71-38-41-76(10,11)42-46-89-48-47-86-43-37-64(82)92-53-56-29-25-24-26-30-56/h24-26,29-30,57-58H,12-23,27-28,31-55H2,1-11H3,(H4-,71,72,73,74,75,77,78,79,80,81)/p+1/t57-,58-/m0/s1. The number of esters is 4. The van der Waals surface area contributed by atoms with E-state index in [0.29, 0.717) is 50.2 Å². The molecule has 546 valence electrons. The zero-order valence-corrected chi connectivity index (χ0v) is 59.8. The Morgan fingerprint density at radius 1 is 0.379 bits per heavy atom. The van der Waals surface area contributed by atoms with Crippen molar-refractivity contribution in [2.24, 2.45) is 0 Å². The first-order valence-corrected chi connectivity index (χ1v) is 34.6. The van der Waals surface area contributed by atoms with Crippen molar-refractivity contribution in [2.75, 3.05) is 126 Å². The number of benzene rings is 1. The summed E-state index contributed by atoms with van der Waals surface area (Å²) in [6.07, 6.45) is 15.5. The van der Waals surface area contributed by atoms with Crippen molar-refractivity contribution in [2.45, 2.75) is 233 Å². The molecule has 0 aromatic heterocycles. The lowest BCUT2D eigenvalue weighted by molar-refractivity contribution is -0.889. The van der Waals surface area contributed by atoms with Crippen LogP contribution in [0.2, 0.25) is 0 Å². The van der Waals surface area contributed by atoms with Crippen LogP contribution in [0, 0.1) is 0 Å². The lowest BCUT2D eigenvalue weighted by atomic mass is 10.0. The summed E-state index contributed by atoms with van der Waals surface area (Å²) in [6, 6.07) is 7.22. The highest BCUT2D eigenvalue weighted by Crippen LogP contribution is 2.17. The fraction of sp³-hybridized carbons (Fsp3) is 0.786. The molecular weight excluding hydrogens is 1230 g/mol. The number of quaternary nitrogens is 1. The maximum Gasteiger partial charge on any atom is 0.329 e. The molecule has 95 heavy (non-hydrogen) atoms. The van der Waals surface area contributed by atoms with Crippen LogP contribution >= 0.6 is 0 Å². The summed E-state index contributed by atoms with van der Waals surface area (Å²) >= 11 is 0. The second kappa shape index (κ2) is 52.3. The maximum atomic E-state index is 13.3. The summed E-state index contributed by atoms with van der Waals surface area (Å²) in [5, 5.41) is 13.7. The van der Waals surface area contributed by atoms with Gasteiger partial charge in [-0.25, -0.2) is 9.59 Å². The van der Waals surface area contributed by atoms with Crippen molar-refractivity contribution >= 4 is 53.4 Å². The molecule has 1 rings (SSSR count). The Bertz CT molecular complexity index is 2290. The van der Waals surface area contributed by atoms with Gasteiger partial charge in [-0.1, -0.05) is 107 Å². The normalized spacial score (nSPS) is 12.5. The van der Waals surface area contributed by atoms with Gasteiger partial charge in [0.05, 0.1) is 99.7 Å². The van der Waals surface area contributed by atoms with Crippen molar-refractivity contribution in [1.82, 2.24) is 26.6 Å². The van der Waals surface area contributed by atoms with Gasteiger partial charge < -0.3 is 78.4 Å².